The van der Waals surface area contributed by atoms with Crippen molar-refractivity contribution in [2.24, 2.45) is 0 Å². The van der Waals surface area contributed by atoms with E-state index in [9.17, 15) is 4.79 Å². The van der Waals surface area contributed by atoms with Crippen LogP contribution in [0.2, 0.25) is 5.02 Å². The summed E-state index contributed by atoms with van der Waals surface area (Å²) in [6.07, 6.45) is 1.47. The van der Waals surface area contributed by atoms with Gasteiger partial charge in [0.2, 0.25) is 5.91 Å². The number of carbonyl (C=O) groups excluding carboxylic acids is 1. The lowest BCUT2D eigenvalue weighted by Gasteiger charge is -2.15. The number of carbonyl (C=O) groups is 1. The second kappa shape index (κ2) is 7.03. The average molecular weight is 273 g/mol. The minimum Gasteiger partial charge on any atom is -0.396 e. The van der Waals surface area contributed by atoms with Crippen molar-refractivity contribution in [3.05, 3.63) is 17.3 Å². The van der Waals surface area contributed by atoms with Crippen molar-refractivity contribution in [3.63, 3.8) is 0 Å². The second-order valence-corrected chi connectivity index (χ2v) is 4.18. The number of hydrogen-bond acceptors (Lipinski definition) is 5. The molecule has 100 valence electrons. The maximum absolute atomic E-state index is 11.7. The number of ether oxygens (including phenoxy) is 1. The SMILES string of the molecule is COCCNC(=O)C(C)Nc1ncc(Cl)cc1N. The number of amides is 1. The maximum Gasteiger partial charge on any atom is 0.242 e. The Bertz CT molecular complexity index is 414. The number of rotatable bonds is 6. The highest BCUT2D eigenvalue weighted by Crippen LogP contribution is 2.19. The Labute approximate surface area is 111 Å². The van der Waals surface area contributed by atoms with Gasteiger partial charge in [0.25, 0.3) is 0 Å². The van der Waals surface area contributed by atoms with Crippen LogP contribution in [0, 0.1) is 0 Å². The molecule has 0 aromatic carbocycles. The van der Waals surface area contributed by atoms with E-state index in [0.717, 1.165) is 0 Å². The number of nitrogens with one attached hydrogen (secondary N) is 2. The topological polar surface area (TPSA) is 89.3 Å². The molecule has 0 aliphatic heterocycles. The minimum atomic E-state index is -0.446. The Morgan fingerprint density at radius 1 is 1.67 bits per heavy atom. The van der Waals surface area contributed by atoms with Gasteiger partial charge in [0.15, 0.2) is 0 Å². The molecule has 0 aliphatic carbocycles. The van der Waals surface area contributed by atoms with E-state index >= 15 is 0 Å². The van der Waals surface area contributed by atoms with E-state index in [0.29, 0.717) is 29.7 Å². The van der Waals surface area contributed by atoms with Crippen LogP contribution >= 0.6 is 11.6 Å². The van der Waals surface area contributed by atoms with E-state index in [1.54, 1.807) is 20.1 Å². The largest absolute Gasteiger partial charge is 0.396 e. The number of aromatic nitrogens is 1. The molecule has 0 aliphatic rings. The van der Waals surface area contributed by atoms with Gasteiger partial charge in [-0.1, -0.05) is 11.6 Å². The number of nitrogens with two attached hydrogens (primary N) is 1. The van der Waals surface area contributed by atoms with Crippen LogP contribution in [0.5, 0.6) is 0 Å². The molecular weight excluding hydrogens is 256 g/mol. The predicted molar refractivity (Wildman–Crippen MR) is 71.6 cm³/mol. The standard InChI is InChI=1S/C11H17ClN4O2/c1-7(11(17)14-3-4-18-2)16-10-9(13)5-8(12)6-15-10/h5-7H,3-4,13H2,1-2H3,(H,14,17)(H,15,16). The monoisotopic (exact) mass is 272 g/mol. The van der Waals surface area contributed by atoms with Crippen molar-refractivity contribution in [2.45, 2.75) is 13.0 Å². The number of halogens is 1. The van der Waals surface area contributed by atoms with Crippen LogP contribution in [0.15, 0.2) is 12.3 Å². The average Bonchev–Trinajstić information content (AvgIpc) is 2.32. The van der Waals surface area contributed by atoms with Crippen molar-refractivity contribution in [2.75, 3.05) is 31.3 Å². The van der Waals surface area contributed by atoms with Gasteiger partial charge < -0.3 is 21.1 Å². The van der Waals surface area contributed by atoms with Gasteiger partial charge in [0.05, 0.1) is 17.3 Å². The van der Waals surface area contributed by atoms with Crippen molar-refractivity contribution in [1.82, 2.24) is 10.3 Å². The molecule has 0 fully saturated rings. The Balaban J connectivity index is 2.53. The van der Waals surface area contributed by atoms with E-state index in [2.05, 4.69) is 15.6 Å². The Hall–Kier alpha value is -1.53. The molecule has 0 saturated heterocycles. The summed E-state index contributed by atoms with van der Waals surface area (Å²) in [4.78, 5) is 15.7. The first-order chi connectivity index (χ1) is 8.54. The minimum absolute atomic E-state index is 0.150. The van der Waals surface area contributed by atoms with E-state index in [1.807, 2.05) is 0 Å². The molecule has 1 aromatic heterocycles. The molecule has 6 nitrogen and oxygen atoms in total. The van der Waals surface area contributed by atoms with Crippen LogP contribution in [0.3, 0.4) is 0 Å². The van der Waals surface area contributed by atoms with Gasteiger partial charge in [-0.15, -0.1) is 0 Å². The van der Waals surface area contributed by atoms with Crippen LogP contribution in [0.1, 0.15) is 6.92 Å². The molecule has 1 unspecified atom stereocenters. The van der Waals surface area contributed by atoms with Crippen molar-refractivity contribution in [1.29, 1.82) is 0 Å². The van der Waals surface area contributed by atoms with Gasteiger partial charge in [-0.25, -0.2) is 4.98 Å². The molecule has 0 spiro atoms. The molecule has 18 heavy (non-hydrogen) atoms. The van der Waals surface area contributed by atoms with E-state index in [1.165, 1.54) is 6.20 Å². The lowest BCUT2D eigenvalue weighted by Crippen LogP contribution is -2.39. The molecule has 0 bridgehead atoms. The lowest BCUT2D eigenvalue weighted by molar-refractivity contribution is -0.121. The highest BCUT2D eigenvalue weighted by atomic mass is 35.5. The van der Waals surface area contributed by atoms with Gasteiger partial charge in [-0.2, -0.15) is 0 Å². The number of pyridine rings is 1. The fourth-order valence-corrected chi connectivity index (χ4v) is 1.44. The summed E-state index contributed by atoms with van der Waals surface area (Å²) in [5.74, 6) is 0.289. The van der Waals surface area contributed by atoms with Crippen LogP contribution in [-0.4, -0.2) is 37.2 Å². The van der Waals surface area contributed by atoms with Crippen LogP contribution in [0.4, 0.5) is 11.5 Å². The highest BCUT2D eigenvalue weighted by Gasteiger charge is 2.13. The third kappa shape index (κ3) is 4.38. The second-order valence-electron chi connectivity index (χ2n) is 3.74. The smallest absolute Gasteiger partial charge is 0.242 e. The number of methoxy groups -OCH3 is 1. The third-order valence-electron chi connectivity index (χ3n) is 2.24. The summed E-state index contributed by atoms with van der Waals surface area (Å²) >= 11 is 5.74. The number of hydrogen-bond donors (Lipinski definition) is 3. The van der Waals surface area contributed by atoms with Gasteiger partial charge in [-0.05, 0) is 13.0 Å². The zero-order valence-corrected chi connectivity index (χ0v) is 11.1. The molecule has 0 radical (unpaired) electrons. The number of anilines is 2. The fourth-order valence-electron chi connectivity index (χ4n) is 1.28. The molecule has 1 amide bonds. The summed E-state index contributed by atoms with van der Waals surface area (Å²) in [5, 5.41) is 6.08. The summed E-state index contributed by atoms with van der Waals surface area (Å²) < 4.78 is 4.84. The highest BCUT2D eigenvalue weighted by molar-refractivity contribution is 6.30. The molecule has 1 rings (SSSR count). The normalized spacial score (nSPS) is 11.9. The first-order valence-electron chi connectivity index (χ1n) is 5.48. The van der Waals surface area contributed by atoms with E-state index < -0.39 is 6.04 Å². The van der Waals surface area contributed by atoms with Crippen LogP contribution in [0.25, 0.3) is 0 Å². The van der Waals surface area contributed by atoms with Gasteiger partial charge >= 0.3 is 0 Å². The predicted octanol–water partition coefficient (Wildman–Crippen LogP) is 0.880. The van der Waals surface area contributed by atoms with E-state index in [4.69, 9.17) is 22.1 Å². The molecule has 0 saturated carbocycles. The number of nitrogens with zero attached hydrogens (tertiary/aromatic N) is 1. The van der Waals surface area contributed by atoms with Gasteiger partial charge in [0, 0.05) is 19.9 Å². The zero-order chi connectivity index (χ0) is 13.5. The fraction of sp³-hybridized carbons (Fsp3) is 0.455. The summed E-state index contributed by atoms with van der Waals surface area (Å²) in [7, 11) is 1.58. The van der Waals surface area contributed by atoms with Crippen molar-refractivity contribution >= 4 is 29.0 Å². The van der Waals surface area contributed by atoms with Gasteiger partial charge in [0.1, 0.15) is 11.9 Å². The Morgan fingerprint density at radius 3 is 3.00 bits per heavy atom. The maximum atomic E-state index is 11.7. The molecule has 7 heteroatoms. The summed E-state index contributed by atoms with van der Waals surface area (Å²) in [6, 6.07) is 1.13. The van der Waals surface area contributed by atoms with Crippen molar-refractivity contribution in [3.8, 4) is 0 Å². The first kappa shape index (κ1) is 14.5. The lowest BCUT2D eigenvalue weighted by atomic mass is 10.3. The molecule has 4 N–H and O–H groups in total. The molecule has 1 heterocycles. The van der Waals surface area contributed by atoms with Gasteiger partial charge in [-0.3, -0.25) is 4.79 Å². The van der Waals surface area contributed by atoms with Crippen LogP contribution in [-0.2, 0) is 9.53 Å². The van der Waals surface area contributed by atoms with E-state index in [-0.39, 0.29) is 5.91 Å². The molecule has 1 atom stereocenters. The Kier molecular flexibility index (Phi) is 5.67. The summed E-state index contributed by atoms with van der Waals surface area (Å²) in [6.45, 7) is 2.66. The van der Waals surface area contributed by atoms with Crippen molar-refractivity contribution < 1.29 is 9.53 Å². The first-order valence-corrected chi connectivity index (χ1v) is 5.86. The quantitative estimate of drug-likeness (QED) is 0.669. The Morgan fingerprint density at radius 2 is 2.39 bits per heavy atom. The van der Waals surface area contributed by atoms with Crippen LogP contribution < -0.4 is 16.4 Å². The zero-order valence-electron chi connectivity index (χ0n) is 10.4. The third-order valence-corrected chi connectivity index (χ3v) is 2.44. The molecule has 1 aromatic rings. The number of nitrogen functional groups attached to an aromatic ring is 1. The molecular formula is C11H17ClN4O2. The summed E-state index contributed by atoms with van der Waals surface area (Å²) in [5.41, 5.74) is 6.13.